The molecule has 0 aliphatic rings. The molecule has 0 aromatic carbocycles. The molecule has 0 aliphatic heterocycles. The van der Waals surface area contributed by atoms with Crippen LogP contribution in [0.2, 0.25) is 51.9 Å². The number of hydrogen-bond acceptors (Lipinski definition) is 3. The summed E-state index contributed by atoms with van der Waals surface area (Å²) in [5.41, 5.74) is 0. The molecule has 0 saturated carbocycles. The predicted octanol–water partition coefficient (Wildman–Crippen LogP) is 4.08. The molecule has 0 aromatic rings. The van der Waals surface area contributed by atoms with Crippen LogP contribution in [-0.2, 0) is 8.23 Å². The minimum Gasteiger partial charge on any atom is -0.437 e. The summed E-state index contributed by atoms with van der Waals surface area (Å²) in [6.07, 6.45) is 1.10. The fourth-order valence-corrected chi connectivity index (χ4v) is 14.8. The van der Waals surface area contributed by atoms with E-state index in [-0.39, 0.29) is 0 Å². The Hall–Kier alpha value is 0.921. The first kappa shape index (κ1) is 16.9. The fraction of sp³-hybridized carbons (Fsp3) is 1.00. The fourth-order valence-electron chi connectivity index (χ4n) is 1.82. The van der Waals surface area contributed by atoms with Crippen LogP contribution in [-0.4, -0.2) is 30.9 Å². The molecule has 2 nitrogen and oxygen atoms in total. The van der Waals surface area contributed by atoms with E-state index in [0.29, 0.717) is 0 Å². The highest BCUT2D eigenvalue weighted by atomic mass is 32.1. The van der Waals surface area contributed by atoms with Crippen molar-refractivity contribution >= 4 is 37.8 Å². The normalized spacial score (nSPS) is 14.2. The van der Waals surface area contributed by atoms with E-state index >= 15 is 0 Å². The molecule has 0 spiro atoms. The van der Waals surface area contributed by atoms with Crippen LogP contribution in [0.3, 0.4) is 0 Å². The van der Waals surface area contributed by atoms with Crippen LogP contribution >= 0.6 is 12.6 Å². The zero-order chi connectivity index (χ0) is 13.0. The molecule has 0 N–H and O–H groups in total. The summed E-state index contributed by atoms with van der Waals surface area (Å²) >= 11 is 4.29. The Labute approximate surface area is 110 Å². The maximum atomic E-state index is 6.36. The molecule has 6 heteroatoms. The average Bonchev–Trinajstić information content (AvgIpc) is 1.93. The second kappa shape index (κ2) is 6.19. The standard InChI is InChI=1S/C10H28O2SSi3/c1-14(2,3)11-16(7,10-8-9-13)12-15(4,5)6/h13H,8-10H2,1-7H3. The van der Waals surface area contributed by atoms with E-state index in [1.54, 1.807) is 0 Å². The Morgan fingerprint density at radius 3 is 1.44 bits per heavy atom. The van der Waals surface area contributed by atoms with Crippen LogP contribution in [0.15, 0.2) is 0 Å². The maximum Gasteiger partial charge on any atom is 0.314 e. The van der Waals surface area contributed by atoms with Gasteiger partial charge in [0.1, 0.15) is 0 Å². The van der Waals surface area contributed by atoms with E-state index in [4.69, 9.17) is 8.23 Å². The lowest BCUT2D eigenvalue weighted by molar-refractivity contribution is 0.383. The van der Waals surface area contributed by atoms with Crippen molar-refractivity contribution in [1.29, 1.82) is 0 Å². The summed E-state index contributed by atoms with van der Waals surface area (Å²) in [4.78, 5) is 0. The molecular formula is C10H28O2SSi3. The van der Waals surface area contributed by atoms with E-state index in [9.17, 15) is 0 Å². The number of thiol groups is 1. The van der Waals surface area contributed by atoms with Gasteiger partial charge in [-0.05, 0) is 64.0 Å². The van der Waals surface area contributed by atoms with Gasteiger partial charge < -0.3 is 8.23 Å². The van der Waals surface area contributed by atoms with Crippen LogP contribution < -0.4 is 0 Å². The largest absolute Gasteiger partial charge is 0.437 e. The summed E-state index contributed by atoms with van der Waals surface area (Å²) in [5.74, 6) is 0.923. The predicted molar refractivity (Wildman–Crippen MR) is 83.8 cm³/mol. The van der Waals surface area contributed by atoms with Gasteiger partial charge >= 0.3 is 8.56 Å². The van der Waals surface area contributed by atoms with Crippen molar-refractivity contribution in [2.75, 3.05) is 5.75 Å². The zero-order valence-corrected chi connectivity index (χ0v) is 15.8. The lowest BCUT2D eigenvalue weighted by Crippen LogP contribution is -2.52. The summed E-state index contributed by atoms with van der Waals surface area (Å²) < 4.78 is 12.7. The summed E-state index contributed by atoms with van der Waals surface area (Å²) in [7, 11) is -4.98. The van der Waals surface area contributed by atoms with Gasteiger partial charge in [0.15, 0.2) is 16.6 Å². The van der Waals surface area contributed by atoms with Crippen molar-refractivity contribution in [3.05, 3.63) is 0 Å². The Balaban J connectivity index is 4.61. The quantitative estimate of drug-likeness (QED) is 0.564. The second-order valence-electron chi connectivity index (χ2n) is 6.39. The number of rotatable bonds is 7. The minimum absolute atomic E-state index is 0.923. The van der Waals surface area contributed by atoms with Gasteiger partial charge in [-0.15, -0.1) is 0 Å². The van der Waals surface area contributed by atoms with Gasteiger partial charge in [0.05, 0.1) is 0 Å². The molecule has 0 atom stereocenters. The first-order chi connectivity index (χ1) is 6.97. The Bertz CT molecular complexity index is 195. The lowest BCUT2D eigenvalue weighted by atomic mass is 10.6. The molecule has 0 fully saturated rings. The molecule has 0 bridgehead atoms. The van der Waals surface area contributed by atoms with E-state index in [0.717, 1.165) is 18.2 Å². The second-order valence-corrected chi connectivity index (χ2v) is 19.7. The third kappa shape index (κ3) is 9.00. The van der Waals surface area contributed by atoms with E-state index in [1.165, 1.54) is 0 Å². The smallest absolute Gasteiger partial charge is 0.314 e. The van der Waals surface area contributed by atoms with Gasteiger partial charge in [-0.25, -0.2) is 0 Å². The van der Waals surface area contributed by atoms with Crippen molar-refractivity contribution < 1.29 is 8.23 Å². The SMILES string of the molecule is C[Si](C)(C)O[Si](C)(CCCS)O[Si](C)(C)C. The summed E-state index contributed by atoms with van der Waals surface area (Å²) in [5, 5.41) is 0. The van der Waals surface area contributed by atoms with Crippen molar-refractivity contribution in [3.8, 4) is 0 Å². The van der Waals surface area contributed by atoms with Crippen LogP contribution in [0, 0.1) is 0 Å². The summed E-state index contributed by atoms with van der Waals surface area (Å²) in [6, 6.07) is 1.07. The molecule has 0 radical (unpaired) electrons. The van der Waals surface area contributed by atoms with Crippen molar-refractivity contribution in [2.24, 2.45) is 0 Å². The maximum absolute atomic E-state index is 6.36. The van der Waals surface area contributed by atoms with Crippen molar-refractivity contribution in [2.45, 2.75) is 58.3 Å². The van der Waals surface area contributed by atoms with Gasteiger partial charge in [0.2, 0.25) is 0 Å². The molecule has 0 heterocycles. The zero-order valence-electron chi connectivity index (χ0n) is 11.9. The van der Waals surface area contributed by atoms with Crippen molar-refractivity contribution in [1.82, 2.24) is 0 Å². The van der Waals surface area contributed by atoms with Crippen LogP contribution in [0.25, 0.3) is 0 Å². The highest BCUT2D eigenvalue weighted by Gasteiger charge is 2.39. The first-order valence-electron chi connectivity index (χ1n) is 5.99. The molecule has 0 aromatic heterocycles. The molecular weight excluding hydrogens is 268 g/mol. The molecule has 98 valence electrons. The van der Waals surface area contributed by atoms with Gasteiger partial charge in [-0.1, -0.05) is 0 Å². The average molecular weight is 297 g/mol. The first-order valence-corrected chi connectivity index (χ1v) is 16.0. The van der Waals surface area contributed by atoms with Gasteiger partial charge in [-0.3, -0.25) is 0 Å². The monoisotopic (exact) mass is 296 g/mol. The van der Waals surface area contributed by atoms with Crippen LogP contribution in [0.4, 0.5) is 0 Å². The third-order valence-electron chi connectivity index (χ3n) is 1.83. The highest BCUT2D eigenvalue weighted by molar-refractivity contribution is 7.80. The highest BCUT2D eigenvalue weighted by Crippen LogP contribution is 2.25. The molecule has 16 heavy (non-hydrogen) atoms. The Morgan fingerprint density at radius 1 is 0.812 bits per heavy atom. The van der Waals surface area contributed by atoms with E-state index < -0.39 is 25.2 Å². The molecule has 0 rings (SSSR count). The third-order valence-corrected chi connectivity index (χ3v) is 11.8. The molecule has 0 aliphatic carbocycles. The summed E-state index contributed by atoms with van der Waals surface area (Å²) in [6.45, 7) is 15.7. The molecule has 0 unspecified atom stereocenters. The Kier molecular flexibility index (Phi) is 6.55. The topological polar surface area (TPSA) is 18.5 Å². The van der Waals surface area contributed by atoms with E-state index in [1.807, 2.05) is 0 Å². The van der Waals surface area contributed by atoms with Gasteiger partial charge in [0, 0.05) is 0 Å². The van der Waals surface area contributed by atoms with Gasteiger partial charge in [0.25, 0.3) is 0 Å². The number of hydrogen-bond donors (Lipinski definition) is 1. The Morgan fingerprint density at radius 2 is 1.19 bits per heavy atom. The van der Waals surface area contributed by atoms with E-state index in [2.05, 4.69) is 58.5 Å². The molecule has 0 saturated heterocycles. The van der Waals surface area contributed by atoms with Crippen LogP contribution in [0.1, 0.15) is 6.42 Å². The minimum atomic E-state index is -1.97. The van der Waals surface area contributed by atoms with Crippen LogP contribution in [0.5, 0.6) is 0 Å². The van der Waals surface area contributed by atoms with Gasteiger partial charge in [-0.2, -0.15) is 12.6 Å². The lowest BCUT2D eigenvalue weighted by Gasteiger charge is -2.38. The van der Waals surface area contributed by atoms with Crippen molar-refractivity contribution in [3.63, 3.8) is 0 Å². The molecule has 0 amide bonds.